The monoisotopic (exact) mass is 280 g/mol. The van der Waals surface area contributed by atoms with Crippen LogP contribution in [0.15, 0.2) is 0 Å². The highest BCUT2D eigenvalue weighted by Crippen LogP contribution is 2.48. The van der Waals surface area contributed by atoms with E-state index in [0.29, 0.717) is 17.6 Å². The molecule has 1 spiro atoms. The highest BCUT2D eigenvalue weighted by Gasteiger charge is 2.42. The molecule has 2 atom stereocenters. The predicted molar refractivity (Wildman–Crippen MR) is 83.0 cm³/mol. The SMILES string of the molecule is COC1CC2(CCCCCC2)CCC1N1CCNCC1. The smallest absolute Gasteiger partial charge is 0.0731 e. The summed E-state index contributed by atoms with van der Waals surface area (Å²) in [5, 5.41) is 3.47. The Morgan fingerprint density at radius 3 is 2.35 bits per heavy atom. The fourth-order valence-electron chi connectivity index (χ4n) is 4.91. The van der Waals surface area contributed by atoms with Crippen molar-refractivity contribution in [3.63, 3.8) is 0 Å². The summed E-state index contributed by atoms with van der Waals surface area (Å²) in [6.45, 7) is 4.71. The summed E-state index contributed by atoms with van der Waals surface area (Å²) < 4.78 is 5.96. The minimum atomic E-state index is 0.472. The number of hydrogen-bond donors (Lipinski definition) is 1. The van der Waals surface area contributed by atoms with Gasteiger partial charge in [0.05, 0.1) is 6.10 Å². The van der Waals surface area contributed by atoms with E-state index in [4.69, 9.17) is 4.74 Å². The Kier molecular flexibility index (Phi) is 5.00. The first-order valence-electron chi connectivity index (χ1n) is 8.81. The van der Waals surface area contributed by atoms with E-state index < -0.39 is 0 Å². The summed E-state index contributed by atoms with van der Waals surface area (Å²) in [7, 11) is 1.94. The first-order chi connectivity index (χ1) is 9.83. The topological polar surface area (TPSA) is 24.5 Å². The lowest BCUT2D eigenvalue weighted by Crippen LogP contribution is -2.55. The maximum absolute atomic E-state index is 5.96. The zero-order chi connectivity index (χ0) is 13.8. The van der Waals surface area contributed by atoms with Crippen LogP contribution in [-0.2, 0) is 4.74 Å². The Bertz CT molecular complexity index is 293. The minimum absolute atomic E-state index is 0.472. The van der Waals surface area contributed by atoms with Crippen LogP contribution in [0.5, 0.6) is 0 Å². The van der Waals surface area contributed by atoms with Gasteiger partial charge >= 0.3 is 0 Å². The Hall–Kier alpha value is -0.120. The molecule has 0 aromatic carbocycles. The van der Waals surface area contributed by atoms with Gasteiger partial charge in [0, 0.05) is 39.3 Å². The normalized spacial score (nSPS) is 35.9. The van der Waals surface area contributed by atoms with Gasteiger partial charge in [-0.25, -0.2) is 0 Å². The molecule has 3 nitrogen and oxygen atoms in total. The average molecular weight is 280 g/mol. The summed E-state index contributed by atoms with van der Waals surface area (Å²) in [6, 6.07) is 0.677. The van der Waals surface area contributed by atoms with E-state index in [-0.39, 0.29) is 0 Å². The van der Waals surface area contributed by atoms with Crippen molar-refractivity contribution in [1.82, 2.24) is 10.2 Å². The van der Waals surface area contributed by atoms with Crippen LogP contribution in [0.1, 0.15) is 57.8 Å². The number of nitrogens with zero attached hydrogens (tertiary/aromatic N) is 1. The molecule has 0 amide bonds. The molecular weight excluding hydrogens is 248 g/mol. The molecule has 0 aromatic rings. The predicted octanol–water partition coefficient (Wildman–Crippen LogP) is 2.80. The molecule has 3 fully saturated rings. The molecule has 1 heterocycles. The second-order valence-electron chi connectivity index (χ2n) is 7.28. The molecule has 3 heteroatoms. The molecule has 0 bridgehead atoms. The third kappa shape index (κ3) is 3.20. The lowest BCUT2D eigenvalue weighted by atomic mass is 9.66. The molecule has 3 aliphatic rings. The third-order valence-electron chi connectivity index (χ3n) is 6.12. The highest BCUT2D eigenvalue weighted by atomic mass is 16.5. The Balaban J connectivity index is 1.65. The maximum atomic E-state index is 5.96. The van der Waals surface area contributed by atoms with Crippen LogP contribution < -0.4 is 5.32 Å². The number of rotatable bonds is 2. The maximum Gasteiger partial charge on any atom is 0.0731 e. The van der Waals surface area contributed by atoms with Crippen molar-refractivity contribution in [2.24, 2.45) is 5.41 Å². The first-order valence-corrected chi connectivity index (χ1v) is 8.81. The number of methoxy groups -OCH3 is 1. The van der Waals surface area contributed by atoms with Crippen LogP contribution in [0.3, 0.4) is 0 Å². The lowest BCUT2D eigenvalue weighted by molar-refractivity contribution is -0.0596. The van der Waals surface area contributed by atoms with Gasteiger partial charge in [-0.2, -0.15) is 0 Å². The van der Waals surface area contributed by atoms with Crippen molar-refractivity contribution in [3.05, 3.63) is 0 Å². The average Bonchev–Trinajstić information content (AvgIpc) is 2.74. The summed E-state index contributed by atoms with van der Waals surface area (Å²) in [6.07, 6.45) is 13.3. The van der Waals surface area contributed by atoms with Crippen molar-refractivity contribution in [2.75, 3.05) is 33.3 Å². The van der Waals surface area contributed by atoms with E-state index in [2.05, 4.69) is 10.2 Å². The first kappa shape index (κ1) is 14.8. The van der Waals surface area contributed by atoms with E-state index in [9.17, 15) is 0 Å². The Morgan fingerprint density at radius 1 is 1.00 bits per heavy atom. The summed E-state index contributed by atoms with van der Waals surface area (Å²) in [5.74, 6) is 0. The summed E-state index contributed by atoms with van der Waals surface area (Å²) >= 11 is 0. The largest absolute Gasteiger partial charge is 0.380 e. The number of hydrogen-bond acceptors (Lipinski definition) is 3. The van der Waals surface area contributed by atoms with Gasteiger partial charge in [0.15, 0.2) is 0 Å². The van der Waals surface area contributed by atoms with Gasteiger partial charge in [0.1, 0.15) is 0 Å². The van der Waals surface area contributed by atoms with Gasteiger partial charge in [0.2, 0.25) is 0 Å². The van der Waals surface area contributed by atoms with Crippen molar-refractivity contribution in [2.45, 2.75) is 69.9 Å². The van der Waals surface area contributed by atoms with Gasteiger partial charge in [-0.05, 0) is 37.5 Å². The Labute approximate surface area is 124 Å². The molecule has 0 radical (unpaired) electrons. The molecule has 1 N–H and O–H groups in total. The lowest BCUT2D eigenvalue weighted by Gasteiger charge is -2.48. The second kappa shape index (κ2) is 6.76. The van der Waals surface area contributed by atoms with Gasteiger partial charge < -0.3 is 10.1 Å². The molecule has 2 aliphatic carbocycles. The summed E-state index contributed by atoms with van der Waals surface area (Å²) in [4.78, 5) is 2.69. The van der Waals surface area contributed by atoms with Crippen molar-refractivity contribution < 1.29 is 4.74 Å². The fraction of sp³-hybridized carbons (Fsp3) is 1.00. The molecule has 2 unspecified atom stereocenters. The molecule has 1 aliphatic heterocycles. The second-order valence-corrected chi connectivity index (χ2v) is 7.28. The molecule has 116 valence electrons. The van der Waals surface area contributed by atoms with Crippen LogP contribution in [0.2, 0.25) is 0 Å². The van der Waals surface area contributed by atoms with E-state index in [0.717, 1.165) is 13.1 Å². The Morgan fingerprint density at radius 2 is 1.70 bits per heavy atom. The quantitative estimate of drug-likeness (QED) is 0.842. The standard InChI is InChI=1S/C17H32N2O/c1-20-16-14-17(7-4-2-3-5-8-17)9-6-15(16)19-12-10-18-11-13-19/h15-16,18H,2-14H2,1H3. The zero-order valence-corrected chi connectivity index (χ0v) is 13.2. The van der Waals surface area contributed by atoms with Gasteiger partial charge in [-0.15, -0.1) is 0 Å². The molecule has 2 saturated carbocycles. The fourth-order valence-corrected chi connectivity index (χ4v) is 4.91. The molecule has 1 saturated heterocycles. The minimum Gasteiger partial charge on any atom is -0.380 e. The van der Waals surface area contributed by atoms with Gasteiger partial charge in [-0.3, -0.25) is 4.90 Å². The molecule has 0 aromatic heterocycles. The van der Waals surface area contributed by atoms with Crippen molar-refractivity contribution in [1.29, 1.82) is 0 Å². The van der Waals surface area contributed by atoms with Crippen LogP contribution in [-0.4, -0.2) is 50.3 Å². The molecule has 3 rings (SSSR count). The molecular formula is C17H32N2O. The van der Waals surface area contributed by atoms with Gasteiger partial charge in [-0.1, -0.05) is 25.7 Å². The van der Waals surface area contributed by atoms with Crippen molar-refractivity contribution >= 4 is 0 Å². The van der Waals surface area contributed by atoms with Crippen molar-refractivity contribution in [3.8, 4) is 0 Å². The zero-order valence-electron chi connectivity index (χ0n) is 13.2. The van der Waals surface area contributed by atoms with Crippen LogP contribution in [0.4, 0.5) is 0 Å². The molecule has 20 heavy (non-hydrogen) atoms. The van der Waals surface area contributed by atoms with Crippen LogP contribution in [0.25, 0.3) is 0 Å². The van der Waals surface area contributed by atoms with E-state index in [1.165, 1.54) is 70.9 Å². The van der Waals surface area contributed by atoms with E-state index >= 15 is 0 Å². The van der Waals surface area contributed by atoms with E-state index in [1.54, 1.807) is 0 Å². The van der Waals surface area contributed by atoms with Gasteiger partial charge in [0.25, 0.3) is 0 Å². The number of ether oxygens (including phenoxy) is 1. The van der Waals surface area contributed by atoms with E-state index in [1.807, 2.05) is 7.11 Å². The van der Waals surface area contributed by atoms with Crippen LogP contribution in [0, 0.1) is 5.41 Å². The number of piperazine rings is 1. The highest BCUT2D eigenvalue weighted by molar-refractivity contribution is 4.96. The number of nitrogens with one attached hydrogen (secondary N) is 1. The summed E-state index contributed by atoms with van der Waals surface area (Å²) in [5.41, 5.74) is 0.627. The third-order valence-corrected chi connectivity index (χ3v) is 6.12. The van der Waals surface area contributed by atoms with Crippen LogP contribution >= 0.6 is 0 Å².